The Morgan fingerprint density at radius 1 is 1.17 bits per heavy atom. The average Bonchev–Trinajstić information content (AvgIpc) is 2.41. The summed E-state index contributed by atoms with van der Waals surface area (Å²) in [4.78, 5) is 0. The molecule has 0 aromatic heterocycles. The standard InChI is InChI=1S/C14H14BrNO2/c15-12-4-5-14(11(7-12)8-16)18-13-3-1-2-10(6-13)9-17/h1-7,17H,8-9,16H2. The molecule has 18 heavy (non-hydrogen) atoms. The van der Waals surface area contributed by atoms with Crippen LogP contribution in [0.5, 0.6) is 11.5 Å². The number of benzene rings is 2. The topological polar surface area (TPSA) is 55.5 Å². The van der Waals surface area contributed by atoms with Crippen molar-refractivity contribution in [3.05, 3.63) is 58.1 Å². The first kappa shape index (κ1) is 13.1. The molecule has 2 rings (SSSR count). The summed E-state index contributed by atoms with van der Waals surface area (Å²) >= 11 is 3.40. The molecule has 0 heterocycles. The highest BCUT2D eigenvalue weighted by molar-refractivity contribution is 9.10. The summed E-state index contributed by atoms with van der Waals surface area (Å²) in [6.07, 6.45) is 0. The molecule has 0 aliphatic heterocycles. The van der Waals surface area contributed by atoms with Crippen LogP contribution in [0.2, 0.25) is 0 Å². The molecule has 3 N–H and O–H groups in total. The molecule has 0 amide bonds. The minimum atomic E-state index is 0.00127. The first-order valence-electron chi connectivity index (χ1n) is 5.59. The molecule has 2 aromatic carbocycles. The second-order valence-electron chi connectivity index (χ2n) is 3.86. The van der Waals surface area contributed by atoms with E-state index in [0.717, 1.165) is 21.3 Å². The Kier molecular flexibility index (Phi) is 4.36. The van der Waals surface area contributed by atoms with Crippen LogP contribution in [0.4, 0.5) is 0 Å². The van der Waals surface area contributed by atoms with Crippen LogP contribution in [0.1, 0.15) is 11.1 Å². The number of nitrogens with two attached hydrogens (primary N) is 1. The van der Waals surface area contributed by atoms with Crippen molar-refractivity contribution >= 4 is 15.9 Å². The monoisotopic (exact) mass is 307 g/mol. The van der Waals surface area contributed by atoms with E-state index in [1.54, 1.807) is 0 Å². The number of aliphatic hydroxyl groups excluding tert-OH is 1. The minimum absolute atomic E-state index is 0.00127. The molecule has 0 atom stereocenters. The van der Waals surface area contributed by atoms with E-state index in [4.69, 9.17) is 15.6 Å². The first-order valence-corrected chi connectivity index (χ1v) is 6.38. The van der Waals surface area contributed by atoms with Crippen molar-refractivity contribution in [2.45, 2.75) is 13.2 Å². The molecule has 4 heteroatoms. The Bertz CT molecular complexity index is 543. The third-order valence-corrected chi connectivity index (χ3v) is 3.04. The lowest BCUT2D eigenvalue weighted by atomic mass is 10.2. The van der Waals surface area contributed by atoms with Crippen LogP contribution in [-0.2, 0) is 13.2 Å². The third kappa shape index (κ3) is 3.10. The second kappa shape index (κ2) is 6.00. The van der Waals surface area contributed by atoms with Crippen molar-refractivity contribution in [1.29, 1.82) is 0 Å². The van der Waals surface area contributed by atoms with Crippen LogP contribution in [0.3, 0.4) is 0 Å². The number of hydrogen-bond acceptors (Lipinski definition) is 3. The predicted octanol–water partition coefficient (Wildman–Crippen LogP) is 3.19. The fourth-order valence-corrected chi connectivity index (χ4v) is 2.05. The van der Waals surface area contributed by atoms with E-state index in [-0.39, 0.29) is 6.61 Å². The van der Waals surface area contributed by atoms with Crippen molar-refractivity contribution in [2.24, 2.45) is 5.73 Å². The van der Waals surface area contributed by atoms with E-state index in [9.17, 15) is 0 Å². The Labute approximate surface area is 114 Å². The molecule has 0 bridgehead atoms. The predicted molar refractivity (Wildman–Crippen MR) is 74.5 cm³/mol. The van der Waals surface area contributed by atoms with Crippen LogP contribution in [0, 0.1) is 0 Å². The molecule has 0 spiro atoms. The van der Waals surface area contributed by atoms with E-state index in [2.05, 4.69) is 15.9 Å². The molecule has 2 aromatic rings. The molecule has 0 radical (unpaired) electrons. The van der Waals surface area contributed by atoms with Crippen molar-refractivity contribution in [1.82, 2.24) is 0 Å². The number of hydrogen-bond donors (Lipinski definition) is 2. The molecule has 0 unspecified atom stereocenters. The van der Waals surface area contributed by atoms with Crippen molar-refractivity contribution < 1.29 is 9.84 Å². The zero-order valence-electron chi connectivity index (χ0n) is 9.77. The molecule has 0 aliphatic carbocycles. The van der Waals surface area contributed by atoms with E-state index < -0.39 is 0 Å². The lowest BCUT2D eigenvalue weighted by Gasteiger charge is -2.11. The molecule has 3 nitrogen and oxygen atoms in total. The maximum atomic E-state index is 9.08. The van der Waals surface area contributed by atoms with Gasteiger partial charge in [-0.1, -0.05) is 28.1 Å². The van der Waals surface area contributed by atoms with Crippen LogP contribution >= 0.6 is 15.9 Å². The van der Waals surface area contributed by atoms with Gasteiger partial charge in [0.2, 0.25) is 0 Å². The molecule has 94 valence electrons. The van der Waals surface area contributed by atoms with Crippen molar-refractivity contribution in [2.75, 3.05) is 0 Å². The number of rotatable bonds is 4. The van der Waals surface area contributed by atoms with Gasteiger partial charge in [0.25, 0.3) is 0 Å². The van der Waals surface area contributed by atoms with Crippen molar-refractivity contribution in [3.63, 3.8) is 0 Å². The SMILES string of the molecule is NCc1cc(Br)ccc1Oc1cccc(CO)c1. The quantitative estimate of drug-likeness (QED) is 0.912. The second-order valence-corrected chi connectivity index (χ2v) is 4.78. The van der Waals surface area contributed by atoms with Crippen LogP contribution in [-0.4, -0.2) is 5.11 Å². The molecular formula is C14H14BrNO2. The Hall–Kier alpha value is -1.36. The van der Waals surface area contributed by atoms with E-state index >= 15 is 0 Å². The highest BCUT2D eigenvalue weighted by Crippen LogP contribution is 2.28. The van der Waals surface area contributed by atoms with Crippen LogP contribution in [0.25, 0.3) is 0 Å². The highest BCUT2D eigenvalue weighted by atomic mass is 79.9. The molecule has 0 fully saturated rings. The fraction of sp³-hybridized carbons (Fsp3) is 0.143. The normalized spacial score (nSPS) is 10.4. The maximum Gasteiger partial charge on any atom is 0.131 e. The van der Waals surface area contributed by atoms with Gasteiger partial charge >= 0.3 is 0 Å². The number of aliphatic hydroxyl groups is 1. The van der Waals surface area contributed by atoms with Gasteiger partial charge in [-0.15, -0.1) is 0 Å². The Balaban J connectivity index is 2.27. The van der Waals surface area contributed by atoms with Crippen molar-refractivity contribution in [3.8, 4) is 11.5 Å². The Morgan fingerprint density at radius 3 is 2.72 bits per heavy atom. The van der Waals surface area contributed by atoms with E-state index in [1.807, 2.05) is 42.5 Å². The number of halogens is 1. The van der Waals surface area contributed by atoms with Gasteiger partial charge in [0.15, 0.2) is 0 Å². The van der Waals surface area contributed by atoms with Gasteiger partial charge < -0.3 is 15.6 Å². The van der Waals surface area contributed by atoms with Gasteiger partial charge in [-0.3, -0.25) is 0 Å². The third-order valence-electron chi connectivity index (χ3n) is 2.55. The summed E-state index contributed by atoms with van der Waals surface area (Å²) in [5, 5.41) is 9.08. The van der Waals surface area contributed by atoms with Gasteiger partial charge in [-0.25, -0.2) is 0 Å². The highest BCUT2D eigenvalue weighted by Gasteiger charge is 2.05. The minimum Gasteiger partial charge on any atom is -0.457 e. The smallest absolute Gasteiger partial charge is 0.131 e. The maximum absolute atomic E-state index is 9.08. The molecule has 0 saturated heterocycles. The summed E-state index contributed by atoms with van der Waals surface area (Å²) in [6.45, 7) is 0.412. The summed E-state index contributed by atoms with van der Waals surface area (Å²) < 4.78 is 6.76. The zero-order valence-corrected chi connectivity index (χ0v) is 11.4. The van der Waals surface area contributed by atoms with Gasteiger partial charge in [0.1, 0.15) is 11.5 Å². The number of ether oxygens (including phenoxy) is 1. The first-order chi connectivity index (χ1) is 8.72. The summed E-state index contributed by atoms with van der Waals surface area (Å²) in [7, 11) is 0. The van der Waals surface area contributed by atoms with E-state index in [0.29, 0.717) is 12.3 Å². The van der Waals surface area contributed by atoms with Crippen LogP contribution < -0.4 is 10.5 Å². The zero-order chi connectivity index (χ0) is 13.0. The molecular weight excluding hydrogens is 294 g/mol. The Morgan fingerprint density at radius 2 is 2.00 bits per heavy atom. The summed E-state index contributed by atoms with van der Waals surface area (Å²) in [5.74, 6) is 1.43. The van der Waals surface area contributed by atoms with Gasteiger partial charge in [0.05, 0.1) is 6.61 Å². The van der Waals surface area contributed by atoms with Gasteiger partial charge in [-0.05, 0) is 35.9 Å². The molecule has 0 saturated carbocycles. The lowest BCUT2D eigenvalue weighted by Crippen LogP contribution is -1.99. The van der Waals surface area contributed by atoms with Crippen LogP contribution in [0.15, 0.2) is 46.9 Å². The van der Waals surface area contributed by atoms with Gasteiger partial charge in [-0.2, -0.15) is 0 Å². The van der Waals surface area contributed by atoms with E-state index in [1.165, 1.54) is 0 Å². The lowest BCUT2D eigenvalue weighted by molar-refractivity contribution is 0.281. The summed E-state index contributed by atoms with van der Waals surface area (Å²) in [5.41, 5.74) is 7.44. The average molecular weight is 308 g/mol. The fourth-order valence-electron chi connectivity index (χ4n) is 1.64. The largest absolute Gasteiger partial charge is 0.457 e. The molecule has 0 aliphatic rings. The summed E-state index contributed by atoms with van der Waals surface area (Å²) in [6, 6.07) is 13.1. The van der Waals surface area contributed by atoms with Gasteiger partial charge in [0, 0.05) is 16.6 Å².